The molecule has 5 nitrogen and oxygen atoms in total. The predicted octanol–water partition coefficient (Wildman–Crippen LogP) is 1.37. The Kier molecular flexibility index (Phi) is 4.35. The van der Waals surface area contributed by atoms with E-state index in [-0.39, 0.29) is 11.4 Å². The Hall–Kier alpha value is -1.28. The number of hydrazine groups is 1. The van der Waals surface area contributed by atoms with Crippen molar-refractivity contribution in [2.75, 3.05) is 7.11 Å². The van der Waals surface area contributed by atoms with Crippen LogP contribution >= 0.6 is 0 Å². The van der Waals surface area contributed by atoms with Crippen LogP contribution in [0.4, 0.5) is 13.2 Å². The first-order chi connectivity index (χ1) is 7.95. The van der Waals surface area contributed by atoms with E-state index < -0.39 is 12.2 Å². The van der Waals surface area contributed by atoms with E-state index in [4.69, 9.17) is 10.6 Å². The van der Waals surface area contributed by atoms with Crippen LogP contribution in [-0.2, 0) is 6.54 Å². The summed E-state index contributed by atoms with van der Waals surface area (Å²) < 4.78 is 44.5. The molecule has 0 bridgehead atoms. The van der Waals surface area contributed by atoms with Gasteiger partial charge in [-0.05, 0) is 6.42 Å². The molecular weight excluding hydrogens is 237 g/mol. The van der Waals surface area contributed by atoms with Crippen molar-refractivity contribution in [3.05, 3.63) is 11.9 Å². The zero-order valence-electron chi connectivity index (χ0n) is 9.58. The summed E-state index contributed by atoms with van der Waals surface area (Å²) in [5, 5.41) is 3.86. The second kappa shape index (κ2) is 5.37. The van der Waals surface area contributed by atoms with E-state index in [9.17, 15) is 13.2 Å². The fourth-order valence-electron chi connectivity index (χ4n) is 1.54. The summed E-state index contributed by atoms with van der Waals surface area (Å²) in [7, 11) is 1.29. The minimum atomic E-state index is -4.51. The van der Waals surface area contributed by atoms with Crippen LogP contribution in [0.2, 0.25) is 0 Å². The number of nitrogens with zero attached hydrogens (tertiary/aromatic N) is 2. The Morgan fingerprint density at radius 1 is 1.59 bits per heavy atom. The van der Waals surface area contributed by atoms with Crippen molar-refractivity contribution in [3.8, 4) is 5.75 Å². The second-order valence-electron chi connectivity index (χ2n) is 3.46. The lowest BCUT2D eigenvalue weighted by atomic mass is 10.2. The molecule has 1 unspecified atom stereocenters. The van der Waals surface area contributed by atoms with Gasteiger partial charge in [0.25, 0.3) is 0 Å². The largest absolute Gasteiger partial charge is 0.493 e. The van der Waals surface area contributed by atoms with Gasteiger partial charge in [0.15, 0.2) is 11.8 Å². The third-order valence-corrected chi connectivity index (χ3v) is 2.27. The van der Waals surface area contributed by atoms with Crippen molar-refractivity contribution in [2.24, 2.45) is 5.84 Å². The third-order valence-electron chi connectivity index (χ3n) is 2.27. The van der Waals surface area contributed by atoms with E-state index in [2.05, 4.69) is 5.10 Å². The molecule has 8 heteroatoms. The van der Waals surface area contributed by atoms with Crippen molar-refractivity contribution in [3.63, 3.8) is 0 Å². The van der Waals surface area contributed by atoms with Crippen molar-refractivity contribution in [2.45, 2.75) is 32.1 Å². The number of hydrogen-bond acceptors (Lipinski definition) is 4. The molecule has 0 radical (unpaired) electrons. The number of nitrogens with two attached hydrogens (primary N) is 1. The fraction of sp³-hybridized carbons (Fsp3) is 0.667. The predicted molar refractivity (Wildman–Crippen MR) is 55.2 cm³/mol. The summed E-state index contributed by atoms with van der Waals surface area (Å²) in [6.45, 7) is 2.21. The first-order valence-electron chi connectivity index (χ1n) is 5.08. The summed E-state index contributed by atoms with van der Waals surface area (Å²) in [5.41, 5.74) is 1.65. The molecule has 1 aromatic rings. The van der Waals surface area contributed by atoms with Crippen LogP contribution in [0, 0.1) is 0 Å². The molecule has 0 saturated carbocycles. The minimum absolute atomic E-state index is 0.0683. The van der Waals surface area contributed by atoms with Crippen LogP contribution in [0.3, 0.4) is 0 Å². The molecule has 1 atom stereocenters. The number of hydrogen-bond donors (Lipinski definition) is 2. The molecule has 1 aromatic heterocycles. The van der Waals surface area contributed by atoms with E-state index in [0.29, 0.717) is 13.0 Å². The fourth-order valence-corrected chi connectivity index (χ4v) is 1.54. The van der Waals surface area contributed by atoms with Crippen molar-refractivity contribution >= 4 is 0 Å². The number of nitrogens with one attached hydrogen (secondary N) is 1. The topological polar surface area (TPSA) is 65.1 Å². The van der Waals surface area contributed by atoms with Crippen LogP contribution < -0.4 is 16.0 Å². The second-order valence-corrected chi connectivity index (χ2v) is 3.46. The standard InChI is InChI=1S/C9H15F3N4O/c1-3-4-16-7(6(17-2)5-14-16)8(15-13)9(10,11)12/h5,8,15H,3-4,13H2,1-2H3. The molecule has 17 heavy (non-hydrogen) atoms. The maximum absolute atomic E-state index is 12.8. The Bertz CT molecular complexity index is 364. The first-order valence-corrected chi connectivity index (χ1v) is 5.08. The highest BCUT2D eigenvalue weighted by atomic mass is 19.4. The van der Waals surface area contributed by atoms with Crippen molar-refractivity contribution < 1.29 is 17.9 Å². The maximum atomic E-state index is 12.8. The molecule has 98 valence electrons. The number of methoxy groups -OCH3 is 1. The van der Waals surface area contributed by atoms with Gasteiger partial charge in [0, 0.05) is 6.54 Å². The van der Waals surface area contributed by atoms with E-state index in [1.165, 1.54) is 18.0 Å². The lowest BCUT2D eigenvalue weighted by Gasteiger charge is -2.21. The molecule has 0 aliphatic carbocycles. The Morgan fingerprint density at radius 3 is 2.65 bits per heavy atom. The van der Waals surface area contributed by atoms with Gasteiger partial charge in [-0.3, -0.25) is 10.5 Å². The quantitative estimate of drug-likeness (QED) is 0.613. The average Bonchev–Trinajstić information content (AvgIpc) is 2.61. The molecular formula is C9H15F3N4O. The van der Waals surface area contributed by atoms with Crippen molar-refractivity contribution in [1.82, 2.24) is 15.2 Å². The van der Waals surface area contributed by atoms with Gasteiger partial charge in [0.1, 0.15) is 5.69 Å². The smallest absolute Gasteiger partial charge is 0.410 e. The number of ether oxygens (including phenoxy) is 1. The van der Waals surface area contributed by atoms with E-state index in [1.54, 1.807) is 5.43 Å². The monoisotopic (exact) mass is 252 g/mol. The van der Waals surface area contributed by atoms with Crippen LogP contribution in [0.25, 0.3) is 0 Å². The molecule has 0 spiro atoms. The van der Waals surface area contributed by atoms with Crippen LogP contribution in [0.15, 0.2) is 6.20 Å². The first kappa shape index (κ1) is 13.8. The molecule has 0 saturated heterocycles. The van der Waals surface area contributed by atoms with Gasteiger partial charge in [-0.15, -0.1) is 0 Å². The molecule has 1 rings (SSSR count). The maximum Gasteiger partial charge on any atom is 0.410 e. The van der Waals surface area contributed by atoms with E-state index >= 15 is 0 Å². The summed E-state index contributed by atoms with van der Waals surface area (Å²) in [6, 6.07) is -1.99. The number of aromatic nitrogens is 2. The Labute approximate surface area is 96.7 Å². The summed E-state index contributed by atoms with van der Waals surface area (Å²) in [6.07, 6.45) is -2.60. The molecule has 1 heterocycles. The van der Waals surface area contributed by atoms with Crippen molar-refractivity contribution in [1.29, 1.82) is 0 Å². The van der Waals surface area contributed by atoms with Gasteiger partial charge in [-0.1, -0.05) is 6.92 Å². The summed E-state index contributed by atoms with van der Waals surface area (Å²) in [4.78, 5) is 0. The van der Waals surface area contributed by atoms with Gasteiger partial charge in [-0.2, -0.15) is 18.3 Å². The third kappa shape index (κ3) is 2.89. The SMILES string of the molecule is CCCn1ncc(OC)c1C(NN)C(F)(F)F. The number of rotatable bonds is 5. The Morgan fingerprint density at radius 2 is 2.24 bits per heavy atom. The van der Waals surface area contributed by atoms with Crippen LogP contribution in [-0.4, -0.2) is 23.1 Å². The highest BCUT2D eigenvalue weighted by Crippen LogP contribution is 2.36. The molecule has 0 aliphatic rings. The average molecular weight is 252 g/mol. The Balaban J connectivity index is 3.19. The van der Waals surface area contributed by atoms with Crippen LogP contribution in [0.1, 0.15) is 25.1 Å². The number of aryl methyl sites for hydroxylation is 1. The van der Waals surface area contributed by atoms with Gasteiger partial charge >= 0.3 is 6.18 Å². The van der Waals surface area contributed by atoms with Gasteiger partial charge in [0.2, 0.25) is 0 Å². The van der Waals surface area contributed by atoms with Crippen LogP contribution in [0.5, 0.6) is 5.75 Å². The number of halogens is 3. The zero-order valence-corrected chi connectivity index (χ0v) is 9.58. The summed E-state index contributed by atoms with van der Waals surface area (Å²) in [5.74, 6) is 5.04. The molecule has 0 aliphatic heterocycles. The van der Waals surface area contributed by atoms with E-state index in [0.717, 1.165) is 0 Å². The lowest BCUT2D eigenvalue weighted by molar-refractivity contribution is -0.159. The highest BCUT2D eigenvalue weighted by Gasteiger charge is 2.44. The van der Waals surface area contributed by atoms with Gasteiger partial charge in [0.05, 0.1) is 13.3 Å². The molecule has 0 fully saturated rings. The minimum Gasteiger partial charge on any atom is -0.493 e. The summed E-state index contributed by atoms with van der Waals surface area (Å²) >= 11 is 0. The number of alkyl halides is 3. The molecule has 0 aromatic carbocycles. The molecule has 0 amide bonds. The highest BCUT2D eigenvalue weighted by molar-refractivity contribution is 5.29. The normalized spacial score (nSPS) is 13.8. The van der Waals surface area contributed by atoms with E-state index in [1.807, 2.05) is 6.92 Å². The lowest BCUT2D eigenvalue weighted by Crippen LogP contribution is -2.40. The zero-order chi connectivity index (χ0) is 13.1. The van der Waals surface area contributed by atoms with Gasteiger partial charge < -0.3 is 4.74 Å². The van der Waals surface area contributed by atoms with Gasteiger partial charge in [-0.25, -0.2) is 5.43 Å². The molecule has 3 N–H and O–H groups in total.